The molecule has 1 unspecified atom stereocenters. The third-order valence-electron chi connectivity index (χ3n) is 4.18. The van der Waals surface area contributed by atoms with Crippen LogP contribution in [0.5, 0.6) is 0 Å². The van der Waals surface area contributed by atoms with Crippen LogP contribution in [0.25, 0.3) is 0 Å². The topological polar surface area (TPSA) is 21.3 Å². The van der Waals surface area contributed by atoms with Gasteiger partial charge in [-0.2, -0.15) is 0 Å². The van der Waals surface area contributed by atoms with Crippen LogP contribution in [0.4, 0.5) is 0 Å². The van der Waals surface area contributed by atoms with E-state index in [-0.39, 0.29) is 11.2 Å². The van der Waals surface area contributed by atoms with Gasteiger partial charge in [-0.3, -0.25) is 0 Å². The summed E-state index contributed by atoms with van der Waals surface area (Å²) in [5.41, 5.74) is 2.58. The fourth-order valence-corrected chi connectivity index (χ4v) is 3.29. The van der Waals surface area contributed by atoms with Gasteiger partial charge in [0.2, 0.25) is 0 Å². The molecule has 1 heterocycles. The summed E-state index contributed by atoms with van der Waals surface area (Å²) < 4.78 is 6.15. The van der Waals surface area contributed by atoms with Gasteiger partial charge in [0.25, 0.3) is 0 Å². The van der Waals surface area contributed by atoms with Gasteiger partial charge >= 0.3 is 0 Å². The molecule has 1 saturated heterocycles. The molecule has 1 aromatic rings. The number of nitrogens with one attached hydrogen (secondary N) is 1. The average molecular weight is 261 g/mol. The van der Waals surface area contributed by atoms with E-state index in [0.717, 1.165) is 6.42 Å². The zero-order valence-corrected chi connectivity index (χ0v) is 13.1. The summed E-state index contributed by atoms with van der Waals surface area (Å²) in [6, 6.07) is 9.33. The zero-order chi connectivity index (χ0) is 14.3. The molecule has 0 aliphatic carbocycles. The minimum absolute atomic E-state index is 0.0351. The second-order valence-corrected chi connectivity index (χ2v) is 6.97. The van der Waals surface area contributed by atoms with Gasteiger partial charge in [0, 0.05) is 12.1 Å². The van der Waals surface area contributed by atoms with Crippen molar-refractivity contribution in [3.05, 3.63) is 35.4 Å². The van der Waals surface area contributed by atoms with Crippen molar-refractivity contribution in [3.63, 3.8) is 0 Å². The Morgan fingerprint density at radius 3 is 2.37 bits per heavy atom. The number of hydrogen-bond donors (Lipinski definition) is 1. The molecule has 2 nitrogen and oxygen atoms in total. The van der Waals surface area contributed by atoms with Crippen molar-refractivity contribution in [3.8, 4) is 0 Å². The summed E-state index contributed by atoms with van der Waals surface area (Å²) >= 11 is 0. The Bertz CT molecular complexity index is 450. The fourth-order valence-electron chi connectivity index (χ4n) is 3.29. The van der Waals surface area contributed by atoms with Gasteiger partial charge < -0.3 is 10.1 Å². The molecule has 0 aromatic heterocycles. The average Bonchev–Trinajstić information content (AvgIpc) is 2.47. The molecule has 0 radical (unpaired) electrons. The molecule has 0 spiro atoms. The maximum absolute atomic E-state index is 6.15. The van der Waals surface area contributed by atoms with Gasteiger partial charge in [-0.15, -0.1) is 0 Å². The smallest absolute Gasteiger partial charge is 0.0787 e. The second-order valence-electron chi connectivity index (χ2n) is 6.97. The highest BCUT2D eigenvalue weighted by Gasteiger charge is 2.46. The Morgan fingerprint density at radius 2 is 1.84 bits per heavy atom. The Kier molecular flexibility index (Phi) is 3.76. The van der Waals surface area contributed by atoms with Crippen LogP contribution in [-0.4, -0.2) is 17.2 Å². The van der Waals surface area contributed by atoms with E-state index in [1.807, 2.05) is 0 Å². The number of hydrogen-bond acceptors (Lipinski definition) is 2. The quantitative estimate of drug-likeness (QED) is 0.888. The second kappa shape index (κ2) is 4.92. The van der Waals surface area contributed by atoms with E-state index in [1.54, 1.807) is 0 Å². The normalized spacial score (nSPS) is 26.3. The van der Waals surface area contributed by atoms with Crippen LogP contribution in [0.2, 0.25) is 0 Å². The van der Waals surface area contributed by atoms with Gasteiger partial charge in [0.1, 0.15) is 0 Å². The first kappa shape index (κ1) is 14.5. The lowest BCUT2D eigenvalue weighted by atomic mass is 9.92. The molecule has 1 aliphatic rings. The molecule has 2 heteroatoms. The van der Waals surface area contributed by atoms with Crippen LogP contribution in [0.3, 0.4) is 0 Å². The molecule has 1 aliphatic heterocycles. The lowest BCUT2D eigenvalue weighted by Crippen LogP contribution is -2.44. The van der Waals surface area contributed by atoms with E-state index >= 15 is 0 Å². The summed E-state index contributed by atoms with van der Waals surface area (Å²) in [6.07, 6.45) is 1.05. The van der Waals surface area contributed by atoms with Crippen molar-refractivity contribution in [2.45, 2.75) is 71.2 Å². The van der Waals surface area contributed by atoms with Crippen LogP contribution < -0.4 is 5.32 Å². The van der Waals surface area contributed by atoms with Crippen molar-refractivity contribution in [2.75, 3.05) is 0 Å². The van der Waals surface area contributed by atoms with Crippen LogP contribution in [0.15, 0.2) is 24.3 Å². The van der Waals surface area contributed by atoms with E-state index in [9.17, 15) is 0 Å². The van der Waals surface area contributed by atoms with Crippen molar-refractivity contribution in [2.24, 2.45) is 0 Å². The summed E-state index contributed by atoms with van der Waals surface area (Å²) in [4.78, 5) is 0. The molecule has 1 N–H and O–H groups in total. The first-order valence-electron chi connectivity index (χ1n) is 7.23. The Hall–Kier alpha value is -0.860. The predicted molar refractivity (Wildman–Crippen MR) is 80.4 cm³/mol. The zero-order valence-electron chi connectivity index (χ0n) is 13.1. The van der Waals surface area contributed by atoms with Crippen molar-refractivity contribution in [1.82, 2.24) is 5.32 Å². The number of aryl methyl sites for hydroxylation is 1. The minimum Gasteiger partial charge on any atom is -0.368 e. The third-order valence-corrected chi connectivity index (χ3v) is 4.18. The molecule has 2 atom stereocenters. The van der Waals surface area contributed by atoms with Gasteiger partial charge in [0.15, 0.2) is 0 Å². The van der Waals surface area contributed by atoms with Crippen LogP contribution in [0.1, 0.15) is 58.2 Å². The maximum Gasteiger partial charge on any atom is 0.0787 e. The molecule has 1 aromatic carbocycles. The highest BCUT2D eigenvalue weighted by Crippen LogP contribution is 2.38. The van der Waals surface area contributed by atoms with Gasteiger partial charge in [-0.05, 0) is 59.1 Å². The summed E-state index contributed by atoms with van der Waals surface area (Å²) in [5.74, 6) is 0. The molecule has 106 valence electrons. The highest BCUT2D eigenvalue weighted by atomic mass is 16.5. The molecule has 0 amide bonds. The summed E-state index contributed by atoms with van der Waals surface area (Å²) in [5, 5.41) is 3.76. The molecule has 2 rings (SSSR count). The monoisotopic (exact) mass is 261 g/mol. The molecule has 19 heavy (non-hydrogen) atoms. The largest absolute Gasteiger partial charge is 0.368 e. The predicted octanol–water partition coefficient (Wildman–Crippen LogP) is 3.99. The van der Waals surface area contributed by atoms with Gasteiger partial charge in [-0.25, -0.2) is 0 Å². The van der Waals surface area contributed by atoms with Crippen molar-refractivity contribution < 1.29 is 4.74 Å². The van der Waals surface area contributed by atoms with E-state index in [4.69, 9.17) is 4.74 Å². The molecule has 0 saturated carbocycles. The van der Waals surface area contributed by atoms with E-state index in [0.29, 0.717) is 12.1 Å². The van der Waals surface area contributed by atoms with E-state index in [1.165, 1.54) is 11.1 Å². The molecule has 1 fully saturated rings. The molecular formula is C17H27NO. The Labute approximate surface area is 117 Å². The first-order chi connectivity index (χ1) is 8.71. The first-order valence-corrected chi connectivity index (χ1v) is 7.23. The lowest BCUT2D eigenvalue weighted by molar-refractivity contribution is -0.0703. The van der Waals surface area contributed by atoms with Crippen LogP contribution in [0, 0.1) is 6.92 Å². The van der Waals surface area contributed by atoms with E-state index in [2.05, 4.69) is 71.1 Å². The Balaban J connectivity index is 2.12. The number of rotatable bonds is 3. The third kappa shape index (κ3) is 3.18. The van der Waals surface area contributed by atoms with Crippen LogP contribution >= 0.6 is 0 Å². The molecule has 0 bridgehead atoms. The minimum atomic E-state index is -0.111. The van der Waals surface area contributed by atoms with Crippen LogP contribution in [-0.2, 0) is 4.74 Å². The van der Waals surface area contributed by atoms with Crippen molar-refractivity contribution >= 4 is 0 Å². The Morgan fingerprint density at radius 1 is 1.21 bits per heavy atom. The van der Waals surface area contributed by atoms with Crippen molar-refractivity contribution in [1.29, 1.82) is 0 Å². The maximum atomic E-state index is 6.15. The van der Waals surface area contributed by atoms with E-state index < -0.39 is 0 Å². The number of benzene rings is 1. The highest BCUT2D eigenvalue weighted by molar-refractivity contribution is 5.28. The van der Waals surface area contributed by atoms with Gasteiger partial charge in [0.05, 0.1) is 11.2 Å². The molecular weight excluding hydrogens is 234 g/mol. The SMILES string of the molecule is Cc1ccccc1[C@H](C)NC1CC(C)(C)OC1(C)C. The lowest BCUT2D eigenvalue weighted by Gasteiger charge is -2.30. The van der Waals surface area contributed by atoms with Gasteiger partial charge in [-0.1, -0.05) is 24.3 Å². The summed E-state index contributed by atoms with van der Waals surface area (Å²) in [6.45, 7) is 13.1. The summed E-state index contributed by atoms with van der Waals surface area (Å²) in [7, 11) is 0. The number of ether oxygens (including phenoxy) is 1. The fraction of sp³-hybridized carbons (Fsp3) is 0.647. The standard InChI is InChI=1S/C17H27NO/c1-12-9-7-8-10-14(12)13(2)18-15-11-16(3,4)19-17(15,5)6/h7-10,13,15,18H,11H2,1-6H3/t13-,15?/m0/s1.